The third kappa shape index (κ3) is 4.14. The van der Waals surface area contributed by atoms with Gasteiger partial charge in [0.1, 0.15) is 12.0 Å². The Hall–Kier alpha value is -3.22. The van der Waals surface area contributed by atoms with E-state index < -0.39 is 10.8 Å². The standard InChI is InChI=1S/C15H12N2O5/c18-9-11-1-7-14(8-2-11)22-10-15(19)16-12-3-5-13(6-4-12)17(20)21/h1-9H,10H2,(H,16,19). The Morgan fingerprint density at radius 2 is 1.77 bits per heavy atom. The Bertz CT molecular complexity index is 680. The van der Waals surface area contributed by atoms with Gasteiger partial charge < -0.3 is 10.1 Å². The Morgan fingerprint density at radius 1 is 1.14 bits per heavy atom. The maximum absolute atomic E-state index is 11.7. The highest BCUT2D eigenvalue weighted by atomic mass is 16.6. The average molecular weight is 300 g/mol. The molecule has 2 aromatic rings. The summed E-state index contributed by atoms with van der Waals surface area (Å²) in [6.45, 7) is -0.211. The molecular weight excluding hydrogens is 288 g/mol. The van der Waals surface area contributed by atoms with Gasteiger partial charge in [-0.3, -0.25) is 19.7 Å². The SMILES string of the molecule is O=Cc1ccc(OCC(=O)Nc2ccc([N+](=O)[O-])cc2)cc1. The molecule has 0 aliphatic carbocycles. The topological polar surface area (TPSA) is 98.5 Å². The zero-order chi connectivity index (χ0) is 15.9. The van der Waals surface area contributed by atoms with Gasteiger partial charge in [-0.05, 0) is 36.4 Å². The monoisotopic (exact) mass is 300 g/mol. The van der Waals surface area contributed by atoms with Gasteiger partial charge in [0, 0.05) is 23.4 Å². The van der Waals surface area contributed by atoms with E-state index in [-0.39, 0.29) is 12.3 Å². The number of non-ortho nitro benzene ring substituents is 1. The number of hydrogen-bond donors (Lipinski definition) is 1. The molecule has 0 unspecified atom stereocenters. The quantitative estimate of drug-likeness (QED) is 0.502. The summed E-state index contributed by atoms with van der Waals surface area (Å²) in [7, 11) is 0. The van der Waals surface area contributed by atoms with Crippen molar-refractivity contribution in [2.24, 2.45) is 0 Å². The van der Waals surface area contributed by atoms with Crippen LogP contribution in [0, 0.1) is 10.1 Å². The fraction of sp³-hybridized carbons (Fsp3) is 0.0667. The maximum atomic E-state index is 11.7. The second-order valence-corrected chi connectivity index (χ2v) is 4.33. The van der Waals surface area contributed by atoms with Crippen LogP contribution in [-0.4, -0.2) is 23.7 Å². The van der Waals surface area contributed by atoms with Crippen LogP contribution in [0.2, 0.25) is 0 Å². The van der Waals surface area contributed by atoms with E-state index in [1.165, 1.54) is 24.3 Å². The molecular formula is C15H12N2O5. The van der Waals surface area contributed by atoms with Crippen molar-refractivity contribution in [3.63, 3.8) is 0 Å². The molecule has 7 heteroatoms. The average Bonchev–Trinajstić information content (AvgIpc) is 2.54. The minimum atomic E-state index is -0.516. The molecule has 0 aliphatic heterocycles. The number of nitro groups is 1. The van der Waals surface area contributed by atoms with Crippen molar-refractivity contribution in [3.05, 3.63) is 64.2 Å². The summed E-state index contributed by atoms with van der Waals surface area (Å²) < 4.78 is 5.27. The van der Waals surface area contributed by atoms with Gasteiger partial charge in [0.25, 0.3) is 11.6 Å². The molecule has 0 saturated heterocycles. The molecule has 2 rings (SSSR count). The predicted molar refractivity (Wildman–Crippen MR) is 79.1 cm³/mol. The van der Waals surface area contributed by atoms with E-state index in [0.29, 0.717) is 23.3 Å². The summed E-state index contributed by atoms with van der Waals surface area (Å²) in [5.41, 5.74) is 0.905. The van der Waals surface area contributed by atoms with Gasteiger partial charge >= 0.3 is 0 Å². The number of benzene rings is 2. The van der Waals surface area contributed by atoms with Crippen LogP contribution in [0.3, 0.4) is 0 Å². The molecule has 0 bridgehead atoms. The van der Waals surface area contributed by atoms with Crippen molar-refractivity contribution in [1.82, 2.24) is 0 Å². The minimum Gasteiger partial charge on any atom is -0.484 e. The molecule has 0 atom stereocenters. The van der Waals surface area contributed by atoms with Crippen LogP contribution >= 0.6 is 0 Å². The highest BCUT2D eigenvalue weighted by Crippen LogP contribution is 2.15. The second kappa shape index (κ2) is 6.98. The molecule has 1 amide bonds. The highest BCUT2D eigenvalue weighted by Gasteiger charge is 2.07. The Labute approximate surface area is 125 Å². The number of carbonyl (C=O) groups is 2. The first-order valence-corrected chi connectivity index (χ1v) is 6.31. The van der Waals surface area contributed by atoms with Gasteiger partial charge in [-0.2, -0.15) is 0 Å². The third-order valence-electron chi connectivity index (χ3n) is 2.75. The molecule has 1 N–H and O–H groups in total. The lowest BCUT2D eigenvalue weighted by Crippen LogP contribution is -2.20. The van der Waals surface area contributed by atoms with E-state index in [4.69, 9.17) is 4.74 Å². The summed E-state index contributed by atoms with van der Waals surface area (Å²) in [6, 6.07) is 11.8. The van der Waals surface area contributed by atoms with Crippen LogP contribution in [0.25, 0.3) is 0 Å². The number of hydrogen-bond acceptors (Lipinski definition) is 5. The zero-order valence-corrected chi connectivity index (χ0v) is 11.4. The number of amides is 1. The zero-order valence-electron chi connectivity index (χ0n) is 11.4. The number of nitro benzene ring substituents is 1. The number of nitrogens with one attached hydrogen (secondary N) is 1. The van der Waals surface area contributed by atoms with Crippen molar-refractivity contribution < 1.29 is 19.2 Å². The van der Waals surface area contributed by atoms with Crippen molar-refractivity contribution in [2.75, 3.05) is 11.9 Å². The number of aldehydes is 1. The molecule has 0 radical (unpaired) electrons. The minimum absolute atomic E-state index is 0.0514. The van der Waals surface area contributed by atoms with E-state index in [0.717, 1.165) is 0 Å². The molecule has 112 valence electrons. The first kappa shape index (κ1) is 15.2. The fourth-order valence-corrected chi connectivity index (χ4v) is 1.66. The molecule has 2 aromatic carbocycles. The van der Waals surface area contributed by atoms with Gasteiger partial charge in [-0.15, -0.1) is 0 Å². The molecule has 0 aromatic heterocycles. The summed E-state index contributed by atoms with van der Waals surface area (Å²) in [5, 5.41) is 13.1. The van der Waals surface area contributed by atoms with Crippen LogP contribution in [0.15, 0.2) is 48.5 Å². The van der Waals surface area contributed by atoms with Crippen LogP contribution < -0.4 is 10.1 Å². The number of nitrogens with zero attached hydrogens (tertiary/aromatic N) is 1. The number of rotatable bonds is 6. The van der Waals surface area contributed by atoms with Gasteiger partial charge in [-0.1, -0.05) is 0 Å². The van der Waals surface area contributed by atoms with Crippen molar-refractivity contribution >= 4 is 23.6 Å². The molecule has 0 heterocycles. The lowest BCUT2D eigenvalue weighted by atomic mass is 10.2. The lowest BCUT2D eigenvalue weighted by molar-refractivity contribution is -0.384. The van der Waals surface area contributed by atoms with E-state index >= 15 is 0 Å². The third-order valence-corrected chi connectivity index (χ3v) is 2.75. The smallest absolute Gasteiger partial charge is 0.269 e. The van der Waals surface area contributed by atoms with Crippen LogP contribution in [0.4, 0.5) is 11.4 Å². The molecule has 0 fully saturated rings. The predicted octanol–water partition coefficient (Wildman–Crippen LogP) is 2.42. The van der Waals surface area contributed by atoms with Crippen LogP contribution in [0.5, 0.6) is 5.75 Å². The lowest BCUT2D eigenvalue weighted by Gasteiger charge is -2.07. The molecule has 7 nitrogen and oxygen atoms in total. The maximum Gasteiger partial charge on any atom is 0.269 e. The second-order valence-electron chi connectivity index (χ2n) is 4.33. The van der Waals surface area contributed by atoms with E-state index in [9.17, 15) is 19.7 Å². The van der Waals surface area contributed by atoms with Gasteiger partial charge in [0.2, 0.25) is 0 Å². The highest BCUT2D eigenvalue weighted by molar-refractivity contribution is 5.92. The number of carbonyl (C=O) groups excluding carboxylic acids is 2. The summed E-state index contributed by atoms with van der Waals surface area (Å²) in [4.78, 5) is 32.2. The van der Waals surface area contributed by atoms with Crippen molar-refractivity contribution in [3.8, 4) is 5.75 Å². The summed E-state index contributed by atoms with van der Waals surface area (Å²) in [6.07, 6.45) is 0.713. The van der Waals surface area contributed by atoms with E-state index in [1.54, 1.807) is 24.3 Å². The van der Waals surface area contributed by atoms with Gasteiger partial charge in [-0.25, -0.2) is 0 Å². The van der Waals surface area contributed by atoms with E-state index in [2.05, 4.69) is 5.32 Å². The summed E-state index contributed by atoms with van der Waals surface area (Å²) >= 11 is 0. The van der Waals surface area contributed by atoms with Gasteiger partial charge in [0.15, 0.2) is 6.61 Å². The normalized spacial score (nSPS) is 9.82. The summed E-state index contributed by atoms with van der Waals surface area (Å²) in [5.74, 6) is 0.0674. The number of anilines is 1. The Morgan fingerprint density at radius 3 is 2.32 bits per heavy atom. The first-order valence-electron chi connectivity index (χ1n) is 6.31. The van der Waals surface area contributed by atoms with Crippen molar-refractivity contribution in [2.45, 2.75) is 0 Å². The van der Waals surface area contributed by atoms with Crippen LogP contribution in [0.1, 0.15) is 10.4 Å². The molecule has 0 saturated carbocycles. The van der Waals surface area contributed by atoms with E-state index in [1.807, 2.05) is 0 Å². The van der Waals surface area contributed by atoms with Crippen LogP contribution in [-0.2, 0) is 4.79 Å². The van der Waals surface area contributed by atoms with Crippen molar-refractivity contribution in [1.29, 1.82) is 0 Å². The molecule has 0 aliphatic rings. The Kier molecular flexibility index (Phi) is 4.81. The largest absolute Gasteiger partial charge is 0.484 e. The molecule has 0 spiro atoms. The Balaban J connectivity index is 1.86. The van der Waals surface area contributed by atoms with Gasteiger partial charge in [0.05, 0.1) is 4.92 Å². The number of ether oxygens (including phenoxy) is 1. The fourth-order valence-electron chi connectivity index (χ4n) is 1.66. The molecule has 22 heavy (non-hydrogen) atoms. The first-order chi connectivity index (χ1) is 10.6.